The molecule has 2 aliphatic rings. The summed E-state index contributed by atoms with van der Waals surface area (Å²) >= 11 is 0. The van der Waals surface area contributed by atoms with E-state index in [2.05, 4.69) is 0 Å². The summed E-state index contributed by atoms with van der Waals surface area (Å²) in [6.45, 7) is 5.77. The number of nitrogens with zero attached hydrogens (tertiary/aromatic N) is 2. The number of rotatable bonds is 2. The Bertz CT molecular complexity index is 321. The summed E-state index contributed by atoms with van der Waals surface area (Å²) in [6, 6.07) is 0. The molecule has 1 atom stereocenters. The van der Waals surface area contributed by atoms with Crippen LogP contribution in [0.2, 0.25) is 0 Å². The van der Waals surface area contributed by atoms with E-state index in [0.717, 1.165) is 19.4 Å². The van der Waals surface area contributed by atoms with Crippen LogP contribution in [0.25, 0.3) is 0 Å². The van der Waals surface area contributed by atoms with Crippen molar-refractivity contribution in [3.8, 4) is 0 Å². The third-order valence-corrected chi connectivity index (χ3v) is 3.63. The molecule has 2 saturated heterocycles. The fourth-order valence-corrected chi connectivity index (χ4v) is 2.52. The lowest BCUT2D eigenvalue weighted by atomic mass is 10.0. The molecule has 0 aromatic carbocycles. The molecule has 0 aromatic rings. The maximum atomic E-state index is 12.3. The Morgan fingerprint density at radius 1 is 1.21 bits per heavy atom. The first-order valence-corrected chi connectivity index (χ1v) is 7.00. The van der Waals surface area contributed by atoms with Gasteiger partial charge in [0.25, 0.3) is 0 Å². The van der Waals surface area contributed by atoms with Crippen molar-refractivity contribution >= 4 is 12.0 Å². The Balaban J connectivity index is 1.79. The minimum atomic E-state index is -0.282. The molecule has 6 nitrogen and oxygen atoms in total. The summed E-state index contributed by atoms with van der Waals surface area (Å²) in [5.74, 6) is 0.172. The quantitative estimate of drug-likeness (QED) is 0.741. The van der Waals surface area contributed by atoms with E-state index < -0.39 is 0 Å². The lowest BCUT2D eigenvalue weighted by molar-refractivity contribution is -0.141. The maximum absolute atomic E-state index is 12.3. The Kier molecular flexibility index (Phi) is 5.01. The molecule has 0 saturated carbocycles. The number of hydrogen-bond donors (Lipinski definition) is 0. The van der Waals surface area contributed by atoms with Gasteiger partial charge in [-0.25, -0.2) is 4.79 Å². The van der Waals surface area contributed by atoms with Gasteiger partial charge in [0, 0.05) is 32.8 Å². The first-order valence-electron chi connectivity index (χ1n) is 7.00. The third kappa shape index (κ3) is 3.59. The molecule has 0 radical (unpaired) electrons. The van der Waals surface area contributed by atoms with E-state index in [-0.39, 0.29) is 17.9 Å². The number of carbonyl (C=O) groups excluding carboxylic acids is 2. The van der Waals surface area contributed by atoms with Crippen LogP contribution >= 0.6 is 0 Å². The highest BCUT2D eigenvalue weighted by atomic mass is 16.6. The molecule has 2 rings (SSSR count). The van der Waals surface area contributed by atoms with Gasteiger partial charge < -0.3 is 19.3 Å². The van der Waals surface area contributed by atoms with Crippen molar-refractivity contribution in [3.05, 3.63) is 0 Å². The van der Waals surface area contributed by atoms with Gasteiger partial charge in [0.15, 0.2) is 0 Å². The Morgan fingerprint density at radius 2 is 1.89 bits per heavy atom. The molecule has 0 aliphatic carbocycles. The van der Waals surface area contributed by atoms with Gasteiger partial charge in [0.2, 0.25) is 5.91 Å². The minimum absolute atomic E-state index is 0.00268. The number of hydrogen-bond acceptors (Lipinski definition) is 4. The Hall–Kier alpha value is -1.30. The average molecular weight is 270 g/mol. The van der Waals surface area contributed by atoms with Crippen molar-refractivity contribution in [1.82, 2.24) is 9.80 Å². The Labute approximate surface area is 113 Å². The lowest BCUT2D eigenvalue weighted by Crippen LogP contribution is -2.52. The van der Waals surface area contributed by atoms with Crippen LogP contribution in [0.1, 0.15) is 19.8 Å². The molecule has 2 amide bonds. The summed E-state index contributed by atoms with van der Waals surface area (Å²) < 4.78 is 10.3. The second-order valence-electron chi connectivity index (χ2n) is 4.93. The van der Waals surface area contributed by atoms with Gasteiger partial charge in [-0.1, -0.05) is 0 Å². The Morgan fingerprint density at radius 3 is 2.47 bits per heavy atom. The standard InChI is InChI=1S/C13H22N2O4/c1-2-19-13(17)15-7-5-14(6-8-15)12(16)11-4-3-9-18-10-11/h11H,2-10H2,1H3. The first kappa shape index (κ1) is 14.1. The van der Waals surface area contributed by atoms with E-state index in [9.17, 15) is 9.59 Å². The monoisotopic (exact) mass is 270 g/mol. The highest BCUT2D eigenvalue weighted by molar-refractivity contribution is 5.79. The average Bonchev–Trinajstić information content (AvgIpc) is 2.48. The summed E-state index contributed by atoms with van der Waals surface area (Å²) in [4.78, 5) is 27.3. The molecule has 0 bridgehead atoms. The number of amides is 2. The highest BCUT2D eigenvalue weighted by Gasteiger charge is 2.30. The molecular weight excluding hydrogens is 248 g/mol. The number of piperazine rings is 1. The molecule has 1 unspecified atom stereocenters. The van der Waals surface area contributed by atoms with Gasteiger partial charge in [0.1, 0.15) is 0 Å². The van der Waals surface area contributed by atoms with Crippen molar-refractivity contribution in [3.63, 3.8) is 0 Å². The van der Waals surface area contributed by atoms with Crippen LogP contribution in [0.3, 0.4) is 0 Å². The molecule has 0 N–H and O–H groups in total. The largest absolute Gasteiger partial charge is 0.450 e. The van der Waals surface area contributed by atoms with Crippen LogP contribution in [0.15, 0.2) is 0 Å². The predicted octanol–water partition coefficient (Wildman–Crippen LogP) is 0.714. The summed E-state index contributed by atoms with van der Waals surface area (Å²) in [6.07, 6.45) is 1.59. The highest BCUT2D eigenvalue weighted by Crippen LogP contribution is 2.17. The van der Waals surface area contributed by atoms with E-state index in [1.54, 1.807) is 11.8 Å². The molecular formula is C13H22N2O4. The van der Waals surface area contributed by atoms with Crippen molar-refractivity contribution in [2.24, 2.45) is 5.92 Å². The molecule has 2 aliphatic heterocycles. The third-order valence-electron chi connectivity index (χ3n) is 3.63. The molecule has 108 valence electrons. The molecule has 0 aromatic heterocycles. The van der Waals surface area contributed by atoms with Gasteiger partial charge in [-0.15, -0.1) is 0 Å². The fourth-order valence-electron chi connectivity index (χ4n) is 2.52. The van der Waals surface area contributed by atoms with Crippen molar-refractivity contribution in [2.45, 2.75) is 19.8 Å². The van der Waals surface area contributed by atoms with Crippen LogP contribution in [-0.4, -0.2) is 67.8 Å². The van der Waals surface area contributed by atoms with Crippen molar-refractivity contribution in [1.29, 1.82) is 0 Å². The SMILES string of the molecule is CCOC(=O)N1CCN(C(=O)C2CCCOC2)CC1. The van der Waals surface area contributed by atoms with Gasteiger partial charge in [-0.2, -0.15) is 0 Å². The topological polar surface area (TPSA) is 59.1 Å². The van der Waals surface area contributed by atoms with Crippen LogP contribution in [-0.2, 0) is 14.3 Å². The van der Waals surface area contributed by atoms with Crippen LogP contribution in [0.4, 0.5) is 4.79 Å². The molecule has 19 heavy (non-hydrogen) atoms. The van der Waals surface area contributed by atoms with Crippen LogP contribution < -0.4 is 0 Å². The zero-order chi connectivity index (χ0) is 13.7. The van der Waals surface area contributed by atoms with Gasteiger partial charge in [-0.3, -0.25) is 4.79 Å². The summed E-state index contributed by atoms with van der Waals surface area (Å²) in [5, 5.41) is 0. The van der Waals surface area contributed by atoms with E-state index in [4.69, 9.17) is 9.47 Å². The predicted molar refractivity (Wildman–Crippen MR) is 68.7 cm³/mol. The second kappa shape index (κ2) is 6.75. The van der Waals surface area contributed by atoms with Gasteiger partial charge >= 0.3 is 6.09 Å². The zero-order valence-electron chi connectivity index (χ0n) is 11.5. The second-order valence-corrected chi connectivity index (χ2v) is 4.93. The van der Waals surface area contributed by atoms with Crippen LogP contribution in [0, 0.1) is 5.92 Å². The molecule has 2 heterocycles. The van der Waals surface area contributed by atoms with E-state index in [0.29, 0.717) is 39.4 Å². The first-order chi connectivity index (χ1) is 9.22. The minimum Gasteiger partial charge on any atom is -0.450 e. The maximum Gasteiger partial charge on any atom is 0.409 e. The van der Waals surface area contributed by atoms with Crippen molar-refractivity contribution < 1.29 is 19.1 Å². The van der Waals surface area contributed by atoms with Crippen molar-refractivity contribution in [2.75, 3.05) is 46.0 Å². The van der Waals surface area contributed by atoms with Crippen LogP contribution in [0.5, 0.6) is 0 Å². The lowest BCUT2D eigenvalue weighted by Gasteiger charge is -2.36. The van der Waals surface area contributed by atoms with Gasteiger partial charge in [0.05, 0.1) is 19.1 Å². The molecule has 0 spiro atoms. The smallest absolute Gasteiger partial charge is 0.409 e. The van der Waals surface area contributed by atoms with Gasteiger partial charge in [-0.05, 0) is 19.8 Å². The van der Waals surface area contributed by atoms with E-state index in [1.165, 1.54) is 0 Å². The number of ether oxygens (including phenoxy) is 2. The molecule has 2 fully saturated rings. The van der Waals surface area contributed by atoms with E-state index in [1.807, 2.05) is 4.90 Å². The summed E-state index contributed by atoms with van der Waals surface area (Å²) in [7, 11) is 0. The zero-order valence-corrected chi connectivity index (χ0v) is 11.5. The fraction of sp³-hybridized carbons (Fsp3) is 0.846. The number of carbonyl (C=O) groups is 2. The molecule has 6 heteroatoms. The van der Waals surface area contributed by atoms with E-state index >= 15 is 0 Å². The summed E-state index contributed by atoms with van der Waals surface area (Å²) in [5.41, 5.74) is 0. The normalized spacial score (nSPS) is 24.2.